The van der Waals surface area contributed by atoms with E-state index in [-0.39, 0.29) is 0 Å². The lowest BCUT2D eigenvalue weighted by Crippen LogP contribution is -2.34. The van der Waals surface area contributed by atoms with Gasteiger partial charge >= 0.3 is 0 Å². The highest BCUT2D eigenvalue weighted by Gasteiger charge is 2.27. The maximum absolute atomic E-state index is 6.62. The highest BCUT2D eigenvalue weighted by molar-refractivity contribution is 5.46. The molecule has 2 nitrogen and oxygen atoms in total. The van der Waals surface area contributed by atoms with E-state index in [1.165, 1.54) is 5.56 Å². The van der Waals surface area contributed by atoms with E-state index in [0.29, 0.717) is 6.61 Å². The number of rotatable bonds is 5. The largest absolute Gasteiger partial charge is 0.493 e. The molecule has 0 spiro atoms. The Kier molecular flexibility index (Phi) is 4.46. The highest BCUT2D eigenvalue weighted by Crippen LogP contribution is 2.33. The molecule has 0 amide bonds. The Labute approximate surface area is 121 Å². The Hall–Kier alpha value is -1.80. The number of hydrogen-bond acceptors (Lipinski definition) is 2. The lowest BCUT2D eigenvalue weighted by atomic mass is 9.84. The summed E-state index contributed by atoms with van der Waals surface area (Å²) in [5.74, 6) is 0.876. The monoisotopic (exact) mass is 269 g/mol. The van der Waals surface area contributed by atoms with Gasteiger partial charge in [-0.2, -0.15) is 0 Å². The van der Waals surface area contributed by atoms with Crippen LogP contribution in [0.25, 0.3) is 0 Å². The zero-order valence-electron chi connectivity index (χ0n) is 12.5. The Morgan fingerprint density at radius 1 is 1.10 bits per heavy atom. The van der Waals surface area contributed by atoms with Crippen molar-refractivity contribution in [3.8, 4) is 5.75 Å². The average molecular weight is 269 g/mol. The van der Waals surface area contributed by atoms with E-state index in [9.17, 15) is 0 Å². The lowest BCUT2D eigenvalue weighted by molar-refractivity contribution is 0.309. The predicted octanol–water partition coefficient (Wildman–Crippen LogP) is 4.01. The Bertz CT molecular complexity index is 575. The van der Waals surface area contributed by atoms with Gasteiger partial charge in [0.1, 0.15) is 5.75 Å². The molecule has 0 aliphatic carbocycles. The average Bonchev–Trinajstić information content (AvgIpc) is 2.45. The third-order valence-electron chi connectivity index (χ3n) is 3.53. The minimum absolute atomic E-state index is 0.559. The Morgan fingerprint density at radius 3 is 2.55 bits per heavy atom. The highest BCUT2D eigenvalue weighted by atomic mass is 16.5. The molecular weight excluding hydrogens is 246 g/mol. The molecule has 0 bridgehead atoms. The van der Waals surface area contributed by atoms with Gasteiger partial charge in [0.05, 0.1) is 12.1 Å². The van der Waals surface area contributed by atoms with Crippen LogP contribution < -0.4 is 10.5 Å². The second-order valence-corrected chi connectivity index (χ2v) is 5.42. The molecule has 20 heavy (non-hydrogen) atoms. The number of para-hydroxylation sites is 1. The fourth-order valence-electron chi connectivity index (χ4n) is 2.36. The second kappa shape index (κ2) is 6.10. The van der Waals surface area contributed by atoms with Crippen molar-refractivity contribution < 1.29 is 4.74 Å². The van der Waals surface area contributed by atoms with Gasteiger partial charge in [0.2, 0.25) is 0 Å². The number of nitrogens with two attached hydrogens (primary N) is 1. The summed E-state index contributed by atoms with van der Waals surface area (Å²) < 4.78 is 5.84. The first-order valence-electron chi connectivity index (χ1n) is 7.14. The van der Waals surface area contributed by atoms with Crippen LogP contribution in [0.4, 0.5) is 0 Å². The molecule has 2 heteroatoms. The van der Waals surface area contributed by atoms with Gasteiger partial charge in [-0.15, -0.1) is 0 Å². The zero-order valence-corrected chi connectivity index (χ0v) is 12.5. The molecule has 0 fully saturated rings. The van der Waals surface area contributed by atoms with Gasteiger partial charge in [0, 0.05) is 5.56 Å². The molecule has 0 radical (unpaired) electrons. The van der Waals surface area contributed by atoms with Gasteiger partial charge in [0.15, 0.2) is 0 Å². The molecule has 2 aromatic carbocycles. The van der Waals surface area contributed by atoms with Crippen molar-refractivity contribution in [2.24, 2.45) is 5.73 Å². The van der Waals surface area contributed by atoms with Crippen molar-refractivity contribution in [1.82, 2.24) is 0 Å². The van der Waals surface area contributed by atoms with Crippen LogP contribution in [0, 0.1) is 6.92 Å². The number of hydrogen-bond donors (Lipinski definition) is 1. The van der Waals surface area contributed by atoms with Crippen molar-refractivity contribution in [3.63, 3.8) is 0 Å². The summed E-state index contributed by atoms with van der Waals surface area (Å²) in [6.45, 7) is 6.93. The lowest BCUT2D eigenvalue weighted by Gasteiger charge is -2.28. The molecule has 2 aromatic rings. The topological polar surface area (TPSA) is 35.2 Å². The van der Waals surface area contributed by atoms with Gasteiger partial charge in [-0.1, -0.05) is 55.0 Å². The summed E-state index contributed by atoms with van der Waals surface area (Å²) in [5, 5.41) is 0. The summed E-state index contributed by atoms with van der Waals surface area (Å²) in [6, 6.07) is 16.4. The molecule has 1 atom stereocenters. The SMILES string of the molecule is CCCOc1ccccc1C(C)(N)c1cccc(C)c1. The van der Waals surface area contributed by atoms with Gasteiger partial charge in [-0.25, -0.2) is 0 Å². The zero-order chi connectivity index (χ0) is 14.6. The van der Waals surface area contributed by atoms with E-state index in [1.807, 2.05) is 37.3 Å². The minimum atomic E-state index is -0.559. The van der Waals surface area contributed by atoms with Gasteiger partial charge in [0.25, 0.3) is 0 Å². The Morgan fingerprint density at radius 2 is 1.85 bits per heavy atom. The van der Waals surface area contributed by atoms with E-state index in [0.717, 1.165) is 23.3 Å². The summed E-state index contributed by atoms with van der Waals surface area (Å²) in [4.78, 5) is 0. The maximum Gasteiger partial charge on any atom is 0.124 e. The standard InChI is InChI=1S/C18H23NO/c1-4-12-20-17-11-6-5-10-16(17)18(3,19)15-9-7-8-14(2)13-15/h5-11,13H,4,12,19H2,1-3H3. The summed E-state index contributed by atoms with van der Waals surface area (Å²) in [7, 11) is 0. The van der Waals surface area contributed by atoms with Crippen molar-refractivity contribution in [1.29, 1.82) is 0 Å². The summed E-state index contributed by atoms with van der Waals surface area (Å²) in [6.07, 6.45) is 0.986. The van der Waals surface area contributed by atoms with Crippen LogP contribution in [-0.4, -0.2) is 6.61 Å². The first-order valence-corrected chi connectivity index (χ1v) is 7.14. The van der Waals surface area contributed by atoms with Crippen LogP contribution >= 0.6 is 0 Å². The van der Waals surface area contributed by atoms with Crippen LogP contribution in [-0.2, 0) is 5.54 Å². The van der Waals surface area contributed by atoms with Gasteiger partial charge in [-0.3, -0.25) is 0 Å². The first kappa shape index (κ1) is 14.6. The maximum atomic E-state index is 6.62. The summed E-state index contributed by atoms with van der Waals surface area (Å²) >= 11 is 0. The van der Waals surface area contributed by atoms with Gasteiger partial charge in [-0.05, 0) is 31.9 Å². The Balaban J connectivity index is 2.43. The van der Waals surface area contributed by atoms with Gasteiger partial charge < -0.3 is 10.5 Å². The molecule has 0 aliphatic heterocycles. The van der Waals surface area contributed by atoms with Crippen LogP contribution in [0.2, 0.25) is 0 Å². The van der Waals surface area contributed by atoms with Crippen molar-refractivity contribution in [2.45, 2.75) is 32.7 Å². The smallest absolute Gasteiger partial charge is 0.124 e. The molecule has 0 aromatic heterocycles. The van der Waals surface area contributed by atoms with Crippen LogP contribution in [0.1, 0.15) is 37.0 Å². The molecule has 1 unspecified atom stereocenters. The fourth-order valence-corrected chi connectivity index (χ4v) is 2.36. The van der Waals surface area contributed by atoms with Crippen LogP contribution in [0.5, 0.6) is 5.75 Å². The minimum Gasteiger partial charge on any atom is -0.493 e. The number of ether oxygens (including phenoxy) is 1. The molecule has 2 rings (SSSR count). The molecule has 0 saturated heterocycles. The van der Waals surface area contributed by atoms with E-state index in [2.05, 4.69) is 32.0 Å². The molecule has 0 aliphatic rings. The number of benzene rings is 2. The van der Waals surface area contributed by atoms with E-state index in [4.69, 9.17) is 10.5 Å². The normalized spacial score (nSPS) is 13.8. The van der Waals surface area contributed by atoms with E-state index >= 15 is 0 Å². The molecule has 0 saturated carbocycles. The van der Waals surface area contributed by atoms with E-state index in [1.54, 1.807) is 0 Å². The second-order valence-electron chi connectivity index (χ2n) is 5.42. The van der Waals surface area contributed by atoms with Crippen molar-refractivity contribution in [2.75, 3.05) is 6.61 Å². The third-order valence-corrected chi connectivity index (χ3v) is 3.53. The van der Waals surface area contributed by atoms with Crippen molar-refractivity contribution in [3.05, 3.63) is 65.2 Å². The predicted molar refractivity (Wildman–Crippen MR) is 84.0 cm³/mol. The van der Waals surface area contributed by atoms with E-state index < -0.39 is 5.54 Å². The third kappa shape index (κ3) is 3.02. The van der Waals surface area contributed by atoms with Crippen LogP contribution in [0.15, 0.2) is 48.5 Å². The van der Waals surface area contributed by atoms with Crippen molar-refractivity contribution >= 4 is 0 Å². The first-order chi connectivity index (χ1) is 9.55. The summed E-state index contributed by atoms with van der Waals surface area (Å²) in [5.41, 5.74) is 9.40. The van der Waals surface area contributed by atoms with Crippen LogP contribution in [0.3, 0.4) is 0 Å². The fraction of sp³-hybridized carbons (Fsp3) is 0.333. The molecule has 106 valence electrons. The molecule has 2 N–H and O–H groups in total. The quantitative estimate of drug-likeness (QED) is 0.890. The molecular formula is C18H23NO. The number of aryl methyl sites for hydroxylation is 1. The molecule has 0 heterocycles.